The van der Waals surface area contributed by atoms with E-state index in [1.54, 1.807) is 24.3 Å². The molecule has 0 aliphatic rings. The van der Waals surface area contributed by atoms with Gasteiger partial charge in [-0.2, -0.15) is 5.48 Å². The predicted molar refractivity (Wildman–Crippen MR) is 40.9 cm³/mol. The van der Waals surface area contributed by atoms with E-state index in [0.717, 1.165) is 0 Å². The van der Waals surface area contributed by atoms with Crippen molar-refractivity contribution in [2.45, 2.75) is 12.6 Å². The molecule has 1 unspecified atom stereocenters. The molecule has 0 aliphatic carbocycles. The van der Waals surface area contributed by atoms with E-state index in [1.807, 2.05) is 11.5 Å². The minimum atomic E-state index is -1.36. The average Bonchev–Trinajstić information content (AvgIpc) is 2.06. The second kappa shape index (κ2) is 3.00. The largest absolute Gasteiger partial charge is 0.370 e. The zero-order valence-corrected chi connectivity index (χ0v) is 6.28. The highest BCUT2D eigenvalue weighted by atomic mass is 16.5. The predicted octanol–water partition coefficient (Wildman–Crippen LogP) is 0.830. The number of hydrogen-bond donors (Lipinski definition) is 3. The maximum absolute atomic E-state index is 9.43. The lowest BCUT2D eigenvalue weighted by atomic mass is 10.1. The Morgan fingerprint density at radius 2 is 1.82 bits per heavy atom. The Balaban J connectivity index is 2.93. The zero-order valence-electron chi connectivity index (χ0n) is 6.28. The van der Waals surface area contributed by atoms with Gasteiger partial charge in [-0.3, -0.25) is 0 Å². The van der Waals surface area contributed by atoms with Crippen LogP contribution < -0.4 is 5.48 Å². The number of benzene rings is 1. The summed E-state index contributed by atoms with van der Waals surface area (Å²) in [5, 5.41) is 18.0. The van der Waals surface area contributed by atoms with Crippen molar-refractivity contribution in [3.8, 4) is 0 Å². The molecule has 1 atom stereocenters. The van der Waals surface area contributed by atoms with Gasteiger partial charge in [-0.25, -0.2) is 0 Å². The summed E-state index contributed by atoms with van der Waals surface area (Å²) in [6.45, 7) is 1.47. The van der Waals surface area contributed by atoms with Gasteiger partial charge in [-0.05, 0) is 12.5 Å². The number of hydrogen-bond acceptors (Lipinski definition) is 3. The van der Waals surface area contributed by atoms with Gasteiger partial charge in [0.05, 0.1) is 0 Å². The monoisotopic (exact) mass is 153 g/mol. The molecule has 0 saturated carbocycles. The Labute approximate surface area is 65.3 Å². The van der Waals surface area contributed by atoms with Gasteiger partial charge in [-0.15, -0.1) is 0 Å². The molecular formula is C8H11NO2. The zero-order chi connectivity index (χ0) is 8.32. The minimum absolute atomic E-state index is 0.627. The average molecular weight is 153 g/mol. The van der Waals surface area contributed by atoms with Crippen molar-refractivity contribution in [3.05, 3.63) is 35.9 Å². The second-order valence-electron chi connectivity index (χ2n) is 2.55. The highest BCUT2D eigenvalue weighted by molar-refractivity contribution is 5.19. The molecule has 0 bridgehead atoms. The van der Waals surface area contributed by atoms with E-state index in [4.69, 9.17) is 5.21 Å². The first-order valence-electron chi connectivity index (χ1n) is 3.36. The van der Waals surface area contributed by atoms with Crippen molar-refractivity contribution in [2.75, 3.05) is 0 Å². The molecule has 60 valence electrons. The van der Waals surface area contributed by atoms with Gasteiger partial charge in [0.25, 0.3) is 0 Å². The van der Waals surface area contributed by atoms with Crippen LogP contribution in [-0.4, -0.2) is 10.3 Å². The van der Waals surface area contributed by atoms with Gasteiger partial charge in [0.1, 0.15) is 0 Å². The Hall–Kier alpha value is -0.900. The molecule has 0 aromatic heterocycles. The summed E-state index contributed by atoms with van der Waals surface area (Å²) in [6.07, 6.45) is 0. The highest BCUT2D eigenvalue weighted by Crippen LogP contribution is 2.14. The minimum Gasteiger partial charge on any atom is -0.370 e. The lowest BCUT2D eigenvalue weighted by molar-refractivity contribution is -0.0852. The van der Waals surface area contributed by atoms with Gasteiger partial charge in [0.15, 0.2) is 5.72 Å². The quantitative estimate of drug-likeness (QED) is 0.435. The van der Waals surface area contributed by atoms with E-state index >= 15 is 0 Å². The molecule has 0 heterocycles. The van der Waals surface area contributed by atoms with Crippen LogP contribution in [0.1, 0.15) is 12.5 Å². The van der Waals surface area contributed by atoms with Crippen molar-refractivity contribution in [3.63, 3.8) is 0 Å². The molecule has 0 amide bonds. The molecule has 0 saturated heterocycles. The van der Waals surface area contributed by atoms with Crippen molar-refractivity contribution in [2.24, 2.45) is 0 Å². The molecule has 11 heavy (non-hydrogen) atoms. The molecule has 0 fully saturated rings. The van der Waals surface area contributed by atoms with Crippen LogP contribution in [0, 0.1) is 0 Å². The standard InChI is InChI=1S/C8H11NO2/c1-8(10,9-11)7-5-3-2-4-6-7/h2-6,9-11H,1H3. The Morgan fingerprint density at radius 3 is 2.27 bits per heavy atom. The van der Waals surface area contributed by atoms with E-state index < -0.39 is 5.72 Å². The van der Waals surface area contributed by atoms with Crippen molar-refractivity contribution in [1.29, 1.82) is 0 Å². The van der Waals surface area contributed by atoms with Crippen LogP contribution in [0.15, 0.2) is 30.3 Å². The van der Waals surface area contributed by atoms with Crippen LogP contribution in [0.2, 0.25) is 0 Å². The first-order valence-corrected chi connectivity index (χ1v) is 3.36. The van der Waals surface area contributed by atoms with Gasteiger partial charge in [0, 0.05) is 0 Å². The molecule has 0 spiro atoms. The Morgan fingerprint density at radius 1 is 1.27 bits per heavy atom. The van der Waals surface area contributed by atoms with E-state index in [-0.39, 0.29) is 0 Å². The maximum atomic E-state index is 9.43. The molecule has 1 aromatic carbocycles. The van der Waals surface area contributed by atoms with Gasteiger partial charge >= 0.3 is 0 Å². The lowest BCUT2D eigenvalue weighted by Gasteiger charge is -2.20. The fraction of sp³-hybridized carbons (Fsp3) is 0.250. The number of nitrogens with one attached hydrogen (secondary N) is 1. The van der Waals surface area contributed by atoms with Gasteiger partial charge in [0.2, 0.25) is 0 Å². The number of hydroxylamine groups is 1. The third-order valence-corrected chi connectivity index (χ3v) is 1.55. The molecule has 3 N–H and O–H groups in total. The smallest absolute Gasteiger partial charge is 0.160 e. The summed E-state index contributed by atoms with van der Waals surface area (Å²) in [5.74, 6) is 0. The summed E-state index contributed by atoms with van der Waals surface area (Å²) in [5.41, 5.74) is 1.08. The molecule has 0 radical (unpaired) electrons. The third kappa shape index (κ3) is 1.77. The van der Waals surface area contributed by atoms with E-state index in [9.17, 15) is 5.11 Å². The Bertz CT molecular complexity index is 221. The summed E-state index contributed by atoms with van der Waals surface area (Å²) < 4.78 is 0. The van der Waals surface area contributed by atoms with E-state index in [2.05, 4.69) is 0 Å². The van der Waals surface area contributed by atoms with Crippen LogP contribution in [0.4, 0.5) is 0 Å². The van der Waals surface area contributed by atoms with Crippen LogP contribution in [0.25, 0.3) is 0 Å². The van der Waals surface area contributed by atoms with Crippen molar-refractivity contribution in [1.82, 2.24) is 5.48 Å². The van der Waals surface area contributed by atoms with Crippen LogP contribution in [-0.2, 0) is 5.72 Å². The van der Waals surface area contributed by atoms with E-state index in [0.29, 0.717) is 5.56 Å². The van der Waals surface area contributed by atoms with Gasteiger partial charge in [-0.1, -0.05) is 30.3 Å². The van der Waals surface area contributed by atoms with Gasteiger partial charge < -0.3 is 10.3 Å². The Kier molecular flexibility index (Phi) is 2.24. The summed E-state index contributed by atoms with van der Waals surface area (Å²) in [6, 6.07) is 8.88. The molecule has 3 heteroatoms. The third-order valence-electron chi connectivity index (χ3n) is 1.55. The molecule has 1 aromatic rings. The van der Waals surface area contributed by atoms with Crippen LogP contribution in [0.3, 0.4) is 0 Å². The number of aliphatic hydroxyl groups is 1. The fourth-order valence-corrected chi connectivity index (χ4v) is 0.827. The summed E-state index contributed by atoms with van der Waals surface area (Å²) in [7, 11) is 0. The van der Waals surface area contributed by atoms with Crippen molar-refractivity contribution >= 4 is 0 Å². The molecule has 0 aliphatic heterocycles. The topological polar surface area (TPSA) is 52.5 Å². The number of rotatable bonds is 2. The normalized spacial score (nSPS) is 15.9. The van der Waals surface area contributed by atoms with Crippen LogP contribution >= 0.6 is 0 Å². The SMILES string of the molecule is CC(O)(NO)c1ccccc1. The second-order valence-corrected chi connectivity index (χ2v) is 2.55. The highest BCUT2D eigenvalue weighted by Gasteiger charge is 2.20. The van der Waals surface area contributed by atoms with E-state index in [1.165, 1.54) is 6.92 Å². The molecular weight excluding hydrogens is 142 g/mol. The first kappa shape index (κ1) is 8.20. The summed E-state index contributed by atoms with van der Waals surface area (Å²) in [4.78, 5) is 0. The van der Waals surface area contributed by atoms with Crippen LogP contribution in [0.5, 0.6) is 0 Å². The fourth-order valence-electron chi connectivity index (χ4n) is 0.827. The lowest BCUT2D eigenvalue weighted by Crippen LogP contribution is -2.36. The summed E-state index contributed by atoms with van der Waals surface area (Å²) >= 11 is 0. The van der Waals surface area contributed by atoms with Crippen molar-refractivity contribution < 1.29 is 10.3 Å². The first-order chi connectivity index (χ1) is 5.17. The molecule has 1 rings (SSSR count). The molecule has 3 nitrogen and oxygen atoms in total. The maximum Gasteiger partial charge on any atom is 0.160 e.